The largest absolute Gasteiger partial charge is 0.497 e. The van der Waals surface area contributed by atoms with Crippen LogP contribution in [0.2, 0.25) is 0 Å². The average molecular weight is 353 g/mol. The monoisotopic (exact) mass is 353 g/mol. The number of pyridine rings is 1. The molecule has 0 bridgehead atoms. The summed E-state index contributed by atoms with van der Waals surface area (Å²) in [6.07, 6.45) is 4.28. The second-order valence-electron chi connectivity index (χ2n) is 6.65. The van der Waals surface area contributed by atoms with Gasteiger partial charge in [-0.3, -0.25) is 14.7 Å². The Labute approximate surface area is 155 Å². The number of piperidine rings is 1. The molecule has 138 valence electrons. The first kappa shape index (κ1) is 18.4. The fraction of sp³-hybridized carbons (Fsp3) is 0.429. The van der Waals surface area contributed by atoms with Crippen LogP contribution in [-0.4, -0.2) is 42.0 Å². The molecule has 2 aromatic rings. The van der Waals surface area contributed by atoms with Crippen molar-refractivity contribution in [2.24, 2.45) is 0 Å². The van der Waals surface area contributed by atoms with Crippen LogP contribution < -0.4 is 9.64 Å². The van der Waals surface area contributed by atoms with E-state index >= 15 is 0 Å². The van der Waals surface area contributed by atoms with E-state index in [4.69, 9.17) is 4.74 Å². The van der Waals surface area contributed by atoms with Gasteiger partial charge in [0.1, 0.15) is 5.75 Å². The highest BCUT2D eigenvalue weighted by molar-refractivity contribution is 5.94. The Kier molecular flexibility index (Phi) is 6.23. The summed E-state index contributed by atoms with van der Waals surface area (Å²) in [5, 5.41) is 0. The highest BCUT2D eigenvalue weighted by atomic mass is 16.5. The van der Waals surface area contributed by atoms with Crippen molar-refractivity contribution in [3.05, 3.63) is 54.4 Å². The predicted octanol–water partition coefficient (Wildman–Crippen LogP) is 3.50. The van der Waals surface area contributed by atoms with Crippen molar-refractivity contribution in [2.75, 3.05) is 25.1 Å². The van der Waals surface area contributed by atoms with Gasteiger partial charge in [-0.15, -0.1) is 0 Å². The summed E-state index contributed by atoms with van der Waals surface area (Å²) < 4.78 is 5.34. The van der Waals surface area contributed by atoms with Crippen LogP contribution in [0.1, 0.15) is 31.9 Å². The number of rotatable bonds is 6. The molecule has 1 amide bonds. The summed E-state index contributed by atoms with van der Waals surface area (Å²) in [7, 11) is 1.65. The Morgan fingerprint density at radius 2 is 2.04 bits per heavy atom. The highest BCUT2D eigenvalue weighted by Gasteiger charge is 2.28. The molecule has 26 heavy (non-hydrogen) atoms. The second kappa shape index (κ2) is 8.81. The predicted molar refractivity (Wildman–Crippen MR) is 103 cm³/mol. The Balaban J connectivity index is 1.68. The lowest BCUT2D eigenvalue weighted by Gasteiger charge is -2.38. The van der Waals surface area contributed by atoms with Crippen molar-refractivity contribution < 1.29 is 9.53 Å². The third-order valence-corrected chi connectivity index (χ3v) is 4.94. The van der Waals surface area contributed by atoms with Gasteiger partial charge in [0.05, 0.1) is 12.8 Å². The molecule has 1 aromatic carbocycles. The van der Waals surface area contributed by atoms with E-state index < -0.39 is 0 Å². The quantitative estimate of drug-likeness (QED) is 0.797. The van der Waals surface area contributed by atoms with Gasteiger partial charge in [-0.1, -0.05) is 19.1 Å². The van der Waals surface area contributed by atoms with Crippen LogP contribution in [0.15, 0.2) is 48.7 Å². The van der Waals surface area contributed by atoms with Crippen molar-refractivity contribution in [3.8, 4) is 5.75 Å². The van der Waals surface area contributed by atoms with Crippen LogP contribution >= 0.6 is 0 Å². The summed E-state index contributed by atoms with van der Waals surface area (Å²) in [6, 6.07) is 14.1. The standard InChI is InChI=1S/C21H27N3O2/c1-3-21(25)24(19-8-6-9-20(15-19)26-2)18-10-13-23(14-11-18)16-17-7-4-5-12-22-17/h4-9,12,15,18H,3,10-11,13-14,16H2,1-2H3. The van der Waals surface area contributed by atoms with Gasteiger partial charge < -0.3 is 9.64 Å². The van der Waals surface area contributed by atoms with Gasteiger partial charge in [-0.25, -0.2) is 0 Å². The fourth-order valence-corrected chi connectivity index (χ4v) is 3.55. The summed E-state index contributed by atoms with van der Waals surface area (Å²) in [6.45, 7) is 4.73. The molecule has 5 nitrogen and oxygen atoms in total. The molecule has 2 heterocycles. The number of nitrogens with zero attached hydrogens (tertiary/aromatic N) is 3. The molecule has 0 saturated carbocycles. The molecule has 0 spiro atoms. The van der Waals surface area contributed by atoms with E-state index in [1.54, 1.807) is 7.11 Å². The molecule has 1 saturated heterocycles. The zero-order chi connectivity index (χ0) is 18.4. The topological polar surface area (TPSA) is 45.7 Å². The Bertz CT molecular complexity index is 712. The number of hydrogen-bond acceptors (Lipinski definition) is 4. The zero-order valence-corrected chi connectivity index (χ0v) is 15.6. The van der Waals surface area contributed by atoms with Gasteiger partial charge >= 0.3 is 0 Å². The maximum Gasteiger partial charge on any atom is 0.226 e. The van der Waals surface area contributed by atoms with Gasteiger partial charge in [-0.2, -0.15) is 0 Å². The Morgan fingerprint density at radius 1 is 1.23 bits per heavy atom. The lowest BCUT2D eigenvalue weighted by molar-refractivity contribution is -0.119. The number of amides is 1. The van der Waals surface area contributed by atoms with E-state index in [-0.39, 0.29) is 11.9 Å². The number of likely N-dealkylation sites (tertiary alicyclic amines) is 1. The van der Waals surface area contributed by atoms with Crippen LogP contribution in [0.4, 0.5) is 5.69 Å². The van der Waals surface area contributed by atoms with Crippen molar-refractivity contribution in [3.63, 3.8) is 0 Å². The number of aromatic nitrogens is 1. The van der Waals surface area contributed by atoms with Gasteiger partial charge in [-0.05, 0) is 37.1 Å². The summed E-state index contributed by atoms with van der Waals surface area (Å²) in [5.41, 5.74) is 2.03. The summed E-state index contributed by atoms with van der Waals surface area (Å²) in [4.78, 5) is 21.4. The van der Waals surface area contributed by atoms with Crippen molar-refractivity contribution in [2.45, 2.75) is 38.8 Å². The van der Waals surface area contributed by atoms with E-state index in [2.05, 4.69) is 16.0 Å². The molecule has 1 fully saturated rings. The number of carbonyl (C=O) groups excluding carboxylic acids is 1. The van der Waals surface area contributed by atoms with Gasteiger partial charge in [0.25, 0.3) is 0 Å². The number of carbonyl (C=O) groups is 1. The normalized spacial score (nSPS) is 15.6. The molecular weight excluding hydrogens is 326 g/mol. The number of hydrogen-bond donors (Lipinski definition) is 0. The third kappa shape index (κ3) is 4.41. The first-order valence-corrected chi connectivity index (χ1v) is 9.29. The van der Waals surface area contributed by atoms with Crippen molar-refractivity contribution >= 4 is 11.6 Å². The van der Waals surface area contributed by atoms with Crippen LogP contribution in [0, 0.1) is 0 Å². The smallest absolute Gasteiger partial charge is 0.226 e. The zero-order valence-electron chi connectivity index (χ0n) is 15.6. The van der Waals surface area contributed by atoms with Gasteiger partial charge in [0, 0.05) is 50.0 Å². The molecule has 1 aliphatic heterocycles. The van der Waals surface area contributed by atoms with E-state index in [0.29, 0.717) is 6.42 Å². The van der Waals surface area contributed by atoms with E-state index in [0.717, 1.165) is 49.6 Å². The highest BCUT2D eigenvalue weighted by Crippen LogP contribution is 2.28. The Morgan fingerprint density at radius 3 is 2.69 bits per heavy atom. The minimum absolute atomic E-state index is 0.168. The number of anilines is 1. The van der Waals surface area contributed by atoms with Gasteiger partial charge in [0.15, 0.2) is 0 Å². The van der Waals surface area contributed by atoms with Crippen molar-refractivity contribution in [1.82, 2.24) is 9.88 Å². The third-order valence-electron chi connectivity index (χ3n) is 4.94. The van der Waals surface area contributed by atoms with Crippen LogP contribution in [0.5, 0.6) is 5.75 Å². The number of benzene rings is 1. The SMILES string of the molecule is CCC(=O)N(c1cccc(OC)c1)C1CCN(Cc2ccccn2)CC1. The van der Waals surface area contributed by atoms with Crippen LogP contribution in [0.3, 0.4) is 0 Å². The van der Waals surface area contributed by atoms with E-state index in [1.807, 2.05) is 54.4 Å². The van der Waals surface area contributed by atoms with E-state index in [1.165, 1.54) is 0 Å². The fourth-order valence-electron chi connectivity index (χ4n) is 3.55. The Hall–Kier alpha value is -2.40. The minimum atomic E-state index is 0.168. The second-order valence-corrected chi connectivity index (χ2v) is 6.65. The number of methoxy groups -OCH3 is 1. The maximum atomic E-state index is 12.6. The average Bonchev–Trinajstić information content (AvgIpc) is 2.70. The molecule has 1 aliphatic rings. The molecular formula is C21H27N3O2. The molecule has 0 unspecified atom stereocenters. The molecule has 5 heteroatoms. The molecule has 1 aromatic heterocycles. The van der Waals surface area contributed by atoms with Crippen LogP contribution in [0.25, 0.3) is 0 Å². The molecule has 0 radical (unpaired) electrons. The molecule has 3 rings (SSSR count). The van der Waals surface area contributed by atoms with Crippen molar-refractivity contribution in [1.29, 1.82) is 0 Å². The minimum Gasteiger partial charge on any atom is -0.497 e. The first-order chi connectivity index (χ1) is 12.7. The van der Waals surface area contributed by atoms with E-state index in [9.17, 15) is 4.79 Å². The van der Waals surface area contributed by atoms with Crippen LogP contribution in [-0.2, 0) is 11.3 Å². The summed E-state index contributed by atoms with van der Waals surface area (Å²) in [5.74, 6) is 0.949. The maximum absolute atomic E-state index is 12.6. The lowest BCUT2D eigenvalue weighted by atomic mass is 10.0. The molecule has 0 aliphatic carbocycles. The molecule has 0 atom stereocenters. The van der Waals surface area contributed by atoms with Gasteiger partial charge in [0.2, 0.25) is 5.91 Å². The lowest BCUT2D eigenvalue weighted by Crippen LogP contribution is -2.47. The summed E-state index contributed by atoms with van der Waals surface area (Å²) >= 11 is 0. The first-order valence-electron chi connectivity index (χ1n) is 9.29. The molecule has 0 N–H and O–H groups in total. The number of ether oxygens (including phenoxy) is 1.